The highest BCUT2D eigenvalue weighted by molar-refractivity contribution is 6.06. The zero-order valence-electron chi connectivity index (χ0n) is 18.1. The molecule has 0 aliphatic carbocycles. The normalized spacial score (nSPS) is 16.6. The second-order valence-electron chi connectivity index (χ2n) is 8.38. The summed E-state index contributed by atoms with van der Waals surface area (Å²) in [5, 5.41) is 12.4. The molecule has 1 fully saturated rings. The van der Waals surface area contributed by atoms with Gasteiger partial charge in [0, 0.05) is 47.3 Å². The number of benzene rings is 1. The van der Waals surface area contributed by atoms with Crippen molar-refractivity contribution in [3.63, 3.8) is 0 Å². The third-order valence-electron chi connectivity index (χ3n) is 6.26. The highest BCUT2D eigenvalue weighted by Crippen LogP contribution is 2.32. The van der Waals surface area contributed by atoms with Crippen LogP contribution < -0.4 is 5.32 Å². The van der Waals surface area contributed by atoms with E-state index in [4.69, 9.17) is 0 Å². The largest absolute Gasteiger partial charge is 0.357 e. The van der Waals surface area contributed by atoms with Gasteiger partial charge in [-0.2, -0.15) is 0 Å². The van der Waals surface area contributed by atoms with Crippen LogP contribution in [-0.4, -0.2) is 54.3 Å². The molecule has 0 radical (unpaired) electrons. The number of likely N-dealkylation sites (tertiary alicyclic amines) is 1. The van der Waals surface area contributed by atoms with E-state index < -0.39 is 0 Å². The summed E-state index contributed by atoms with van der Waals surface area (Å²) in [5.74, 6) is 0.255. The van der Waals surface area contributed by atoms with Crippen LogP contribution in [0.15, 0.2) is 61.1 Å². The Morgan fingerprint density at radius 3 is 2.85 bits per heavy atom. The quantitative estimate of drug-likeness (QED) is 0.443. The molecule has 1 saturated heterocycles. The minimum atomic E-state index is -0.246. The van der Waals surface area contributed by atoms with E-state index in [1.54, 1.807) is 35.4 Å². The van der Waals surface area contributed by atoms with Crippen molar-refractivity contribution in [1.82, 2.24) is 34.8 Å². The molecule has 4 aromatic heterocycles. The first-order valence-corrected chi connectivity index (χ1v) is 10.9. The van der Waals surface area contributed by atoms with E-state index >= 15 is 0 Å². The third-order valence-corrected chi connectivity index (χ3v) is 6.26. The fraction of sp³-hybridized carbons (Fsp3) is 0.208. The summed E-state index contributed by atoms with van der Waals surface area (Å²) in [6.45, 7) is 1.11. The lowest BCUT2D eigenvalue weighted by Gasteiger charge is -2.17. The molecule has 6 rings (SSSR count). The zero-order valence-corrected chi connectivity index (χ0v) is 18.1. The number of H-pyrrole nitrogens is 1. The number of amides is 1. The first-order chi connectivity index (χ1) is 16.2. The van der Waals surface area contributed by atoms with Crippen molar-refractivity contribution in [2.24, 2.45) is 0 Å². The number of nitrogens with zero attached hydrogens (tertiary/aromatic N) is 6. The lowest BCUT2D eigenvalue weighted by molar-refractivity contribution is 0.102. The van der Waals surface area contributed by atoms with Gasteiger partial charge in [0.2, 0.25) is 0 Å². The number of hydrogen-bond acceptors (Lipinski definition) is 6. The van der Waals surface area contributed by atoms with Gasteiger partial charge in [-0.25, -0.2) is 9.67 Å². The minimum absolute atomic E-state index is 0.246. The van der Waals surface area contributed by atoms with Gasteiger partial charge in [-0.05, 0) is 62.8 Å². The van der Waals surface area contributed by atoms with Crippen LogP contribution in [0, 0.1) is 0 Å². The summed E-state index contributed by atoms with van der Waals surface area (Å²) < 4.78 is 1.72. The number of fused-ring (bicyclic) bond motifs is 2. The maximum atomic E-state index is 12.9. The topological polar surface area (TPSA) is 105 Å². The monoisotopic (exact) mass is 438 g/mol. The first-order valence-electron chi connectivity index (χ1n) is 10.9. The third kappa shape index (κ3) is 3.52. The number of carbonyl (C=O) groups is 1. The van der Waals surface area contributed by atoms with Crippen molar-refractivity contribution in [3.8, 4) is 5.69 Å². The summed E-state index contributed by atoms with van der Waals surface area (Å²) in [6, 6.07) is 13.5. The number of nitrogens with one attached hydrogen (secondary N) is 2. The SMILES string of the molecule is CN1CCC[C@@H]1c1cc2cnc(NC(=O)c3ccc4c(c3)nnn4-c3ccncc3)cc2[nH]1. The molecule has 9 nitrogen and oxygen atoms in total. The van der Waals surface area contributed by atoms with Crippen molar-refractivity contribution < 1.29 is 4.79 Å². The standard InChI is InChI=1S/C24H22N8O/c1-31-10-2-3-21(31)19-12-16-14-26-23(13-18(16)27-19)28-24(33)15-4-5-22-20(11-15)29-30-32(22)17-6-8-25-9-7-17/h4-9,11-14,21,27H,2-3,10H2,1H3,(H,26,28,33)/t21-/m1/s1. The van der Waals surface area contributed by atoms with Crippen LogP contribution in [0.5, 0.6) is 0 Å². The minimum Gasteiger partial charge on any atom is -0.357 e. The average Bonchev–Trinajstić information content (AvgIpc) is 3.56. The van der Waals surface area contributed by atoms with Gasteiger partial charge in [0.1, 0.15) is 11.3 Å². The van der Waals surface area contributed by atoms with E-state index in [0.717, 1.165) is 35.1 Å². The van der Waals surface area contributed by atoms with Gasteiger partial charge in [-0.15, -0.1) is 5.10 Å². The molecule has 164 valence electrons. The Balaban J connectivity index is 1.24. The molecule has 0 spiro atoms. The van der Waals surface area contributed by atoms with Gasteiger partial charge < -0.3 is 10.3 Å². The first kappa shape index (κ1) is 19.6. The fourth-order valence-corrected chi connectivity index (χ4v) is 4.53. The van der Waals surface area contributed by atoms with E-state index in [1.165, 1.54) is 12.1 Å². The molecule has 1 atom stereocenters. The van der Waals surface area contributed by atoms with Gasteiger partial charge in [0.15, 0.2) is 0 Å². The lowest BCUT2D eigenvalue weighted by atomic mass is 10.1. The van der Waals surface area contributed by atoms with E-state index in [-0.39, 0.29) is 5.91 Å². The Bertz CT molecular complexity index is 1470. The highest BCUT2D eigenvalue weighted by Gasteiger charge is 2.24. The van der Waals surface area contributed by atoms with E-state index in [2.05, 4.69) is 48.6 Å². The van der Waals surface area contributed by atoms with Crippen LogP contribution in [0.25, 0.3) is 27.6 Å². The summed E-state index contributed by atoms with van der Waals surface area (Å²) >= 11 is 0. The smallest absolute Gasteiger partial charge is 0.256 e. The molecule has 1 aliphatic rings. The number of aromatic nitrogens is 6. The Labute approximate surface area is 189 Å². The molecule has 9 heteroatoms. The van der Waals surface area contributed by atoms with Crippen molar-refractivity contribution in [3.05, 3.63) is 72.3 Å². The molecule has 2 N–H and O–H groups in total. The molecule has 1 aromatic carbocycles. The Morgan fingerprint density at radius 1 is 1.15 bits per heavy atom. The molecule has 5 heterocycles. The second-order valence-corrected chi connectivity index (χ2v) is 8.38. The Morgan fingerprint density at radius 2 is 2.03 bits per heavy atom. The van der Waals surface area contributed by atoms with Gasteiger partial charge in [0.05, 0.1) is 16.7 Å². The number of carbonyl (C=O) groups excluding carboxylic acids is 1. The molecule has 5 aromatic rings. The molecule has 0 saturated carbocycles. The molecular formula is C24H22N8O. The molecule has 0 unspecified atom stereocenters. The summed E-state index contributed by atoms with van der Waals surface area (Å²) in [6.07, 6.45) is 7.55. The maximum absolute atomic E-state index is 12.9. The van der Waals surface area contributed by atoms with Crippen LogP contribution >= 0.6 is 0 Å². The maximum Gasteiger partial charge on any atom is 0.256 e. The number of hydrogen-bond donors (Lipinski definition) is 2. The summed E-state index contributed by atoms with van der Waals surface area (Å²) in [4.78, 5) is 27.2. The number of pyridine rings is 2. The van der Waals surface area contributed by atoms with Gasteiger partial charge in [-0.1, -0.05) is 5.21 Å². The summed E-state index contributed by atoms with van der Waals surface area (Å²) in [5.41, 5.74) is 4.96. The fourth-order valence-electron chi connectivity index (χ4n) is 4.53. The van der Waals surface area contributed by atoms with Crippen molar-refractivity contribution in [2.75, 3.05) is 18.9 Å². The van der Waals surface area contributed by atoms with Crippen LogP contribution in [0.3, 0.4) is 0 Å². The van der Waals surface area contributed by atoms with Crippen molar-refractivity contribution in [2.45, 2.75) is 18.9 Å². The predicted octanol–water partition coefficient (Wildman–Crippen LogP) is 3.71. The van der Waals surface area contributed by atoms with Crippen LogP contribution in [0.4, 0.5) is 5.82 Å². The van der Waals surface area contributed by atoms with Crippen molar-refractivity contribution >= 4 is 33.7 Å². The van der Waals surface area contributed by atoms with Gasteiger partial charge >= 0.3 is 0 Å². The molecule has 1 aliphatic heterocycles. The Hall–Kier alpha value is -4.11. The lowest BCUT2D eigenvalue weighted by Crippen LogP contribution is -2.17. The van der Waals surface area contributed by atoms with Gasteiger partial charge in [0.25, 0.3) is 5.91 Å². The van der Waals surface area contributed by atoms with E-state index in [9.17, 15) is 4.79 Å². The van der Waals surface area contributed by atoms with E-state index in [1.807, 2.05) is 24.3 Å². The van der Waals surface area contributed by atoms with Crippen LogP contribution in [0.1, 0.15) is 34.9 Å². The second kappa shape index (κ2) is 7.79. The van der Waals surface area contributed by atoms with E-state index in [0.29, 0.717) is 22.9 Å². The molecular weight excluding hydrogens is 416 g/mol. The van der Waals surface area contributed by atoms with Gasteiger partial charge in [-0.3, -0.25) is 14.7 Å². The molecule has 1 amide bonds. The molecule has 33 heavy (non-hydrogen) atoms. The van der Waals surface area contributed by atoms with Crippen LogP contribution in [0.2, 0.25) is 0 Å². The van der Waals surface area contributed by atoms with Crippen LogP contribution in [-0.2, 0) is 0 Å². The highest BCUT2D eigenvalue weighted by atomic mass is 16.1. The Kier molecular flexibility index (Phi) is 4.62. The average molecular weight is 438 g/mol. The predicted molar refractivity (Wildman–Crippen MR) is 125 cm³/mol. The number of aromatic amines is 1. The number of rotatable bonds is 4. The molecule has 0 bridgehead atoms. The summed E-state index contributed by atoms with van der Waals surface area (Å²) in [7, 11) is 2.15. The number of anilines is 1. The van der Waals surface area contributed by atoms with Crippen molar-refractivity contribution in [1.29, 1.82) is 0 Å². The zero-order chi connectivity index (χ0) is 22.4.